The second-order valence-corrected chi connectivity index (χ2v) is 2.62. The van der Waals surface area contributed by atoms with Gasteiger partial charge in [-0.3, -0.25) is 0 Å². The van der Waals surface area contributed by atoms with Crippen molar-refractivity contribution < 1.29 is 10.2 Å². The molecule has 10 heavy (non-hydrogen) atoms. The summed E-state index contributed by atoms with van der Waals surface area (Å²) in [5.74, 6) is 0.358. The van der Waals surface area contributed by atoms with E-state index in [1.165, 1.54) is 0 Å². The van der Waals surface area contributed by atoms with Gasteiger partial charge in [0.15, 0.2) is 0 Å². The number of hydrogen-bond donors (Lipinski definition) is 2. The van der Waals surface area contributed by atoms with Gasteiger partial charge in [-0.1, -0.05) is 6.92 Å². The van der Waals surface area contributed by atoms with Crippen molar-refractivity contribution in [3.63, 3.8) is 0 Å². The Balaban J connectivity index is 0. The molecule has 2 nitrogen and oxygen atoms in total. The first-order valence-corrected chi connectivity index (χ1v) is 4.00. The van der Waals surface area contributed by atoms with Crippen LogP contribution < -0.4 is 0 Å². The van der Waals surface area contributed by atoms with Gasteiger partial charge in [-0.25, -0.2) is 0 Å². The van der Waals surface area contributed by atoms with Crippen LogP contribution in [0.4, 0.5) is 0 Å². The summed E-state index contributed by atoms with van der Waals surface area (Å²) in [6.45, 7) is 5.34. The fraction of sp³-hybridized carbons (Fsp3) is 1.00. The molecule has 0 aromatic carbocycles. The number of aliphatic hydroxyl groups is 2. The van der Waals surface area contributed by atoms with Crippen LogP contribution in [0.3, 0.4) is 0 Å². The summed E-state index contributed by atoms with van der Waals surface area (Å²) >= 11 is 5.20. The van der Waals surface area contributed by atoms with Crippen LogP contribution in [-0.4, -0.2) is 28.3 Å². The second kappa shape index (κ2) is 9.21. The van der Waals surface area contributed by atoms with E-state index < -0.39 is 0 Å². The number of aliphatic hydroxyl groups excluding tert-OH is 2. The van der Waals surface area contributed by atoms with Gasteiger partial charge in [-0.05, 0) is 20.3 Å². The maximum atomic E-state index is 8.53. The van der Waals surface area contributed by atoms with E-state index in [0.717, 1.165) is 6.42 Å². The summed E-state index contributed by atoms with van der Waals surface area (Å²) in [6, 6.07) is 0. The highest BCUT2D eigenvalue weighted by atomic mass is 35.5. The average molecular weight is 169 g/mol. The Kier molecular flexibility index (Phi) is 11.8. The van der Waals surface area contributed by atoms with Crippen LogP contribution in [0.25, 0.3) is 0 Å². The molecule has 0 heterocycles. The quantitative estimate of drug-likeness (QED) is 0.612. The van der Waals surface area contributed by atoms with Crippen LogP contribution in [0.2, 0.25) is 0 Å². The minimum atomic E-state index is -0.299. The van der Waals surface area contributed by atoms with Gasteiger partial charge in [0.25, 0.3) is 0 Å². The Labute approximate surface area is 67.8 Å². The molecule has 2 N–H and O–H groups in total. The summed E-state index contributed by atoms with van der Waals surface area (Å²) in [5.41, 5.74) is 0. The Bertz CT molecular complexity index is 50.8. The molecule has 1 atom stereocenters. The molecule has 0 saturated carbocycles. The summed E-state index contributed by atoms with van der Waals surface area (Å²) in [6.07, 6.45) is 0.287. The summed E-state index contributed by atoms with van der Waals surface area (Å²) in [4.78, 5) is 0. The third-order valence-corrected chi connectivity index (χ3v) is 1.01. The van der Waals surface area contributed by atoms with Gasteiger partial charge in [-0.15, -0.1) is 11.6 Å². The van der Waals surface area contributed by atoms with Crippen LogP contribution >= 0.6 is 11.6 Å². The van der Waals surface area contributed by atoms with Crippen molar-refractivity contribution in [2.45, 2.75) is 39.4 Å². The van der Waals surface area contributed by atoms with Crippen molar-refractivity contribution in [3.8, 4) is 0 Å². The molecule has 3 heteroatoms. The highest BCUT2D eigenvalue weighted by Gasteiger charge is 1.92. The van der Waals surface area contributed by atoms with E-state index in [1.807, 2.05) is 6.92 Å². The van der Waals surface area contributed by atoms with E-state index in [1.54, 1.807) is 13.8 Å². The molecule has 64 valence electrons. The molecular weight excluding hydrogens is 152 g/mol. The van der Waals surface area contributed by atoms with Gasteiger partial charge in [0, 0.05) is 12.0 Å². The van der Waals surface area contributed by atoms with Crippen LogP contribution in [0.5, 0.6) is 0 Å². The zero-order valence-electron chi connectivity index (χ0n) is 6.84. The van der Waals surface area contributed by atoms with Crippen molar-refractivity contribution >= 4 is 11.6 Å². The summed E-state index contributed by atoms with van der Waals surface area (Å²) in [7, 11) is 0. The predicted molar refractivity (Wildman–Crippen MR) is 44.4 cm³/mol. The highest BCUT2D eigenvalue weighted by Crippen LogP contribution is 1.90. The Morgan fingerprint density at radius 2 is 1.60 bits per heavy atom. The van der Waals surface area contributed by atoms with E-state index in [2.05, 4.69) is 0 Å². The lowest BCUT2D eigenvalue weighted by Gasteiger charge is -1.96. The maximum absolute atomic E-state index is 8.53. The number of hydrogen-bond acceptors (Lipinski definition) is 2. The van der Waals surface area contributed by atoms with Gasteiger partial charge in [0.2, 0.25) is 0 Å². The lowest BCUT2D eigenvalue weighted by atomic mass is 10.3. The zero-order chi connectivity index (χ0) is 8.57. The molecule has 0 radical (unpaired) electrons. The Morgan fingerprint density at radius 3 is 1.60 bits per heavy atom. The maximum Gasteiger partial charge on any atom is 0.0672 e. The molecule has 0 aromatic heterocycles. The molecule has 0 aliphatic carbocycles. The minimum absolute atomic E-state index is 0.167. The van der Waals surface area contributed by atoms with Crippen molar-refractivity contribution in [3.05, 3.63) is 0 Å². The normalized spacial score (nSPS) is 12.3. The molecule has 0 saturated heterocycles. The van der Waals surface area contributed by atoms with Crippen molar-refractivity contribution in [2.75, 3.05) is 5.88 Å². The van der Waals surface area contributed by atoms with Gasteiger partial charge in [-0.2, -0.15) is 0 Å². The molecule has 0 aliphatic heterocycles. The van der Waals surface area contributed by atoms with Crippen LogP contribution in [0, 0.1) is 0 Å². The first-order chi connectivity index (χ1) is 4.54. The molecular formula is C7H17ClO2. The third-order valence-electron chi connectivity index (χ3n) is 0.649. The third kappa shape index (κ3) is 24.1. The SMILES string of the molecule is CC(C)O.CCC(O)CCl. The molecule has 0 aromatic rings. The van der Waals surface area contributed by atoms with E-state index in [-0.39, 0.29) is 12.2 Å². The number of halogens is 1. The zero-order valence-corrected chi connectivity index (χ0v) is 7.60. The van der Waals surface area contributed by atoms with E-state index in [9.17, 15) is 0 Å². The second-order valence-electron chi connectivity index (χ2n) is 2.31. The Hall–Kier alpha value is 0.210. The highest BCUT2D eigenvalue weighted by molar-refractivity contribution is 6.18. The van der Waals surface area contributed by atoms with Gasteiger partial charge in [0.05, 0.1) is 6.10 Å². The molecule has 0 bridgehead atoms. The lowest BCUT2D eigenvalue weighted by molar-refractivity contribution is 0.194. The standard InChI is InChI=1S/C4H9ClO.C3H8O/c1-2-4(6)3-5;1-3(2)4/h4,6H,2-3H2,1H3;3-4H,1-2H3. The molecule has 1 unspecified atom stereocenters. The van der Waals surface area contributed by atoms with E-state index in [4.69, 9.17) is 21.8 Å². The topological polar surface area (TPSA) is 40.5 Å². The molecule has 0 rings (SSSR count). The summed E-state index contributed by atoms with van der Waals surface area (Å²) in [5, 5.41) is 16.6. The van der Waals surface area contributed by atoms with Crippen LogP contribution in [0.1, 0.15) is 27.2 Å². The fourth-order valence-corrected chi connectivity index (χ4v) is 0.327. The smallest absolute Gasteiger partial charge is 0.0672 e. The lowest BCUT2D eigenvalue weighted by Crippen LogP contribution is -2.04. The molecule has 0 amide bonds. The van der Waals surface area contributed by atoms with Crippen LogP contribution in [-0.2, 0) is 0 Å². The van der Waals surface area contributed by atoms with Crippen molar-refractivity contribution in [1.29, 1.82) is 0 Å². The minimum Gasteiger partial charge on any atom is -0.394 e. The predicted octanol–water partition coefficient (Wildman–Crippen LogP) is 1.38. The van der Waals surface area contributed by atoms with E-state index in [0.29, 0.717) is 5.88 Å². The van der Waals surface area contributed by atoms with Crippen LogP contribution in [0.15, 0.2) is 0 Å². The summed E-state index contributed by atoms with van der Waals surface area (Å²) < 4.78 is 0. The van der Waals surface area contributed by atoms with Gasteiger partial charge in [0.1, 0.15) is 0 Å². The van der Waals surface area contributed by atoms with Crippen molar-refractivity contribution in [2.24, 2.45) is 0 Å². The largest absolute Gasteiger partial charge is 0.394 e. The molecule has 0 fully saturated rings. The monoisotopic (exact) mass is 168 g/mol. The number of rotatable bonds is 2. The average Bonchev–Trinajstić information content (AvgIpc) is 1.85. The molecule has 0 aliphatic rings. The van der Waals surface area contributed by atoms with Gasteiger partial charge >= 0.3 is 0 Å². The molecule has 0 spiro atoms. The number of alkyl halides is 1. The van der Waals surface area contributed by atoms with E-state index >= 15 is 0 Å². The van der Waals surface area contributed by atoms with Crippen molar-refractivity contribution in [1.82, 2.24) is 0 Å². The fourth-order valence-electron chi connectivity index (χ4n) is 0.109. The van der Waals surface area contributed by atoms with Gasteiger partial charge < -0.3 is 10.2 Å². The Morgan fingerprint density at radius 1 is 1.30 bits per heavy atom. The first kappa shape index (κ1) is 12.8. The first-order valence-electron chi connectivity index (χ1n) is 3.46.